The third-order valence-corrected chi connectivity index (χ3v) is 9.60. The fourth-order valence-electron chi connectivity index (χ4n) is 6.27. The van der Waals surface area contributed by atoms with Crippen molar-refractivity contribution in [2.45, 2.75) is 101 Å². The first-order valence-electron chi connectivity index (χ1n) is 16.9. The van der Waals surface area contributed by atoms with Gasteiger partial charge in [-0.3, -0.25) is 9.78 Å². The molecule has 1 radical (unpaired) electrons. The first-order chi connectivity index (χ1) is 23.1. The standard InChI is InChI=1S/C34H37N2S.C8H11F3O2.Ir/c1-20-14-23(18-33(4,5)6)15-21(2)28(20)31-22(3)29-32(37-31)30(36-19-35-29)25-16-24-12-10-11-13-26(24)27(17-25)34(7,8)9;1-5(2)3-6(12)4-7(13)8(9,10)11;/h10-15,17,19H,18H2,1-9H3;4-5,12H,3H2,1-2H3;/q-1;;/b;6-4-;. The van der Waals surface area contributed by atoms with Crippen molar-refractivity contribution in [3.8, 4) is 21.7 Å². The summed E-state index contributed by atoms with van der Waals surface area (Å²) in [6.45, 7) is 23.9. The van der Waals surface area contributed by atoms with Gasteiger partial charge < -0.3 is 5.11 Å². The quantitative estimate of drug-likeness (QED) is 0.105. The van der Waals surface area contributed by atoms with E-state index in [4.69, 9.17) is 15.1 Å². The van der Waals surface area contributed by atoms with Gasteiger partial charge in [-0.05, 0) is 71.8 Å². The van der Waals surface area contributed by atoms with E-state index < -0.39 is 17.7 Å². The summed E-state index contributed by atoms with van der Waals surface area (Å²) in [5.41, 5.74) is 11.3. The van der Waals surface area contributed by atoms with Gasteiger partial charge in [0.1, 0.15) is 6.33 Å². The third-order valence-electron chi connectivity index (χ3n) is 8.29. The Bertz CT molecular complexity index is 2040. The Morgan fingerprint density at radius 3 is 2.12 bits per heavy atom. The molecule has 0 saturated heterocycles. The maximum absolute atomic E-state index is 11.6. The van der Waals surface area contributed by atoms with E-state index in [1.54, 1.807) is 20.2 Å². The summed E-state index contributed by atoms with van der Waals surface area (Å²) in [5.74, 6) is -2.54. The molecule has 0 amide bonds. The summed E-state index contributed by atoms with van der Waals surface area (Å²) in [6.07, 6.45) is -1.82. The van der Waals surface area contributed by atoms with Crippen LogP contribution in [0.4, 0.5) is 13.2 Å². The van der Waals surface area contributed by atoms with Crippen molar-refractivity contribution < 1.29 is 43.2 Å². The number of aliphatic hydroxyl groups is 1. The molecule has 5 rings (SSSR count). The maximum Gasteiger partial charge on any atom is 0.454 e. The number of carbonyl (C=O) groups is 1. The third kappa shape index (κ3) is 10.4. The van der Waals surface area contributed by atoms with E-state index in [9.17, 15) is 18.0 Å². The molecule has 0 aliphatic heterocycles. The minimum atomic E-state index is -4.90. The fraction of sp³-hybridized carbons (Fsp3) is 0.405. The Hall–Kier alpha value is -3.39. The molecule has 0 aliphatic carbocycles. The van der Waals surface area contributed by atoms with E-state index in [0.29, 0.717) is 0 Å². The molecule has 4 nitrogen and oxygen atoms in total. The molecule has 1 N–H and O–H groups in total. The second kappa shape index (κ2) is 16.1. The first-order valence-corrected chi connectivity index (χ1v) is 17.7. The Morgan fingerprint density at radius 1 is 0.961 bits per heavy atom. The van der Waals surface area contributed by atoms with Crippen molar-refractivity contribution in [1.29, 1.82) is 0 Å². The van der Waals surface area contributed by atoms with Gasteiger partial charge in [-0.15, -0.1) is 40.5 Å². The molecule has 0 spiro atoms. The summed E-state index contributed by atoms with van der Waals surface area (Å²) >= 11 is 1.82. The molecule has 2 heterocycles. The number of benzene rings is 3. The predicted octanol–water partition coefficient (Wildman–Crippen LogP) is 12.4. The van der Waals surface area contributed by atoms with Crippen LogP contribution in [-0.2, 0) is 36.7 Å². The molecule has 275 valence electrons. The summed E-state index contributed by atoms with van der Waals surface area (Å²) in [7, 11) is 0. The molecule has 2 aromatic heterocycles. The second-order valence-corrected chi connectivity index (χ2v) is 16.8. The summed E-state index contributed by atoms with van der Waals surface area (Å²) < 4.78 is 36.1. The van der Waals surface area contributed by atoms with E-state index in [1.165, 1.54) is 43.6 Å². The van der Waals surface area contributed by atoms with Crippen molar-refractivity contribution in [1.82, 2.24) is 9.97 Å². The number of thiophene rings is 1. The van der Waals surface area contributed by atoms with Gasteiger partial charge in [-0.25, -0.2) is 4.98 Å². The number of hydrogen-bond acceptors (Lipinski definition) is 5. The van der Waals surface area contributed by atoms with E-state index in [1.807, 2.05) is 11.3 Å². The van der Waals surface area contributed by atoms with Gasteiger partial charge in [0.2, 0.25) is 0 Å². The van der Waals surface area contributed by atoms with Crippen LogP contribution in [0.5, 0.6) is 0 Å². The maximum atomic E-state index is 11.6. The zero-order chi connectivity index (χ0) is 37.3. The number of halogens is 3. The van der Waals surface area contributed by atoms with Crippen LogP contribution >= 0.6 is 11.3 Å². The number of fused-ring (bicyclic) bond motifs is 2. The van der Waals surface area contributed by atoms with Crippen LogP contribution in [0, 0.1) is 38.2 Å². The van der Waals surface area contributed by atoms with Gasteiger partial charge in [-0.1, -0.05) is 96.7 Å². The summed E-state index contributed by atoms with van der Waals surface area (Å²) in [5, 5.41) is 11.3. The van der Waals surface area contributed by atoms with E-state index in [-0.39, 0.29) is 49.4 Å². The fourth-order valence-corrected chi connectivity index (χ4v) is 7.71. The molecule has 0 bridgehead atoms. The number of nitrogens with zero attached hydrogens (tertiary/aromatic N) is 2. The van der Waals surface area contributed by atoms with Crippen molar-refractivity contribution >= 4 is 38.1 Å². The zero-order valence-electron chi connectivity index (χ0n) is 31.3. The number of rotatable bonds is 6. The van der Waals surface area contributed by atoms with Gasteiger partial charge in [0.05, 0.1) is 11.3 Å². The molecule has 3 aromatic carbocycles. The summed E-state index contributed by atoms with van der Waals surface area (Å²) in [4.78, 5) is 21.2. The Morgan fingerprint density at radius 2 is 1.57 bits per heavy atom. The monoisotopic (exact) mass is 894 g/mol. The molecule has 0 fully saturated rings. The first kappa shape index (κ1) is 42.0. The van der Waals surface area contributed by atoms with Gasteiger partial charge in [0, 0.05) is 47.9 Å². The number of carbonyl (C=O) groups excluding carboxylic acids is 1. The van der Waals surface area contributed by atoms with Crippen LogP contribution in [0.1, 0.15) is 89.6 Å². The van der Waals surface area contributed by atoms with Gasteiger partial charge in [-0.2, -0.15) is 13.2 Å². The number of alkyl halides is 3. The minimum Gasteiger partial charge on any atom is -0.512 e. The van der Waals surface area contributed by atoms with Crippen molar-refractivity contribution in [2.75, 3.05) is 0 Å². The van der Waals surface area contributed by atoms with E-state index >= 15 is 0 Å². The topological polar surface area (TPSA) is 63.1 Å². The number of ketones is 1. The molecule has 0 atom stereocenters. The average molecular weight is 894 g/mol. The number of aromatic nitrogens is 2. The number of aryl methyl sites for hydroxylation is 3. The molecule has 5 aromatic rings. The molecular formula is C42H48F3IrN2O2S-. The largest absolute Gasteiger partial charge is 0.512 e. The van der Waals surface area contributed by atoms with Crippen LogP contribution < -0.4 is 0 Å². The predicted molar refractivity (Wildman–Crippen MR) is 202 cm³/mol. The van der Waals surface area contributed by atoms with E-state index in [2.05, 4.69) is 111 Å². The molecule has 0 saturated carbocycles. The molecule has 51 heavy (non-hydrogen) atoms. The van der Waals surface area contributed by atoms with E-state index in [0.717, 1.165) is 33.3 Å². The minimum absolute atomic E-state index is 0. The second-order valence-electron chi connectivity index (χ2n) is 15.8. The normalized spacial score (nSPS) is 12.6. The van der Waals surface area contributed by atoms with Gasteiger partial charge >= 0.3 is 6.18 Å². The Balaban J connectivity index is 0.000000430. The van der Waals surface area contributed by atoms with Crippen LogP contribution in [0.3, 0.4) is 0 Å². The van der Waals surface area contributed by atoms with Crippen LogP contribution in [0.25, 0.3) is 42.7 Å². The van der Waals surface area contributed by atoms with Crippen LogP contribution in [0.15, 0.2) is 60.6 Å². The summed E-state index contributed by atoms with van der Waals surface area (Å²) in [6, 6.07) is 19.3. The van der Waals surface area contributed by atoms with Crippen LogP contribution in [-0.4, -0.2) is 27.0 Å². The number of aliphatic hydroxyl groups excluding tert-OH is 1. The molecular weight excluding hydrogens is 846 g/mol. The zero-order valence-corrected chi connectivity index (χ0v) is 34.5. The number of hydrogen-bond donors (Lipinski definition) is 1. The van der Waals surface area contributed by atoms with Crippen LogP contribution in [0.2, 0.25) is 0 Å². The molecule has 9 heteroatoms. The Kier molecular flexibility index (Phi) is 13.3. The van der Waals surface area contributed by atoms with Crippen molar-refractivity contribution in [3.05, 3.63) is 94.5 Å². The SMILES string of the molecule is CC(C)C/C(O)=C/C(=O)C(F)(F)F.Cc1cc(CC(C)(C)C)cc(C)c1-c1sc2c(-c3[c-]c4ccccc4c(C(C)(C)C)c3)ncnc2c1C.[Ir]. The van der Waals surface area contributed by atoms with Gasteiger partial charge in [0.15, 0.2) is 0 Å². The Labute approximate surface area is 318 Å². The molecule has 0 aliphatic rings. The van der Waals surface area contributed by atoms with Crippen molar-refractivity contribution in [2.24, 2.45) is 11.3 Å². The average Bonchev–Trinajstić information content (AvgIpc) is 3.30. The van der Waals surface area contributed by atoms with Gasteiger partial charge in [0.25, 0.3) is 5.78 Å². The number of allylic oxidation sites excluding steroid dienone is 2. The molecule has 0 unspecified atom stereocenters. The van der Waals surface area contributed by atoms with Crippen molar-refractivity contribution in [3.63, 3.8) is 0 Å². The smallest absolute Gasteiger partial charge is 0.454 e.